The van der Waals surface area contributed by atoms with Gasteiger partial charge in [-0.25, -0.2) is 9.97 Å². The van der Waals surface area contributed by atoms with E-state index < -0.39 is 18.0 Å². The van der Waals surface area contributed by atoms with E-state index in [9.17, 15) is 18.0 Å². The van der Waals surface area contributed by atoms with Crippen LogP contribution in [0.3, 0.4) is 0 Å². The molecule has 0 amide bonds. The van der Waals surface area contributed by atoms with Crippen molar-refractivity contribution in [3.8, 4) is 6.07 Å². The van der Waals surface area contributed by atoms with Crippen molar-refractivity contribution in [3.63, 3.8) is 0 Å². The highest BCUT2D eigenvalue weighted by Gasteiger charge is 2.37. The van der Waals surface area contributed by atoms with Crippen LogP contribution in [0.4, 0.5) is 24.8 Å². The van der Waals surface area contributed by atoms with Crippen molar-refractivity contribution in [2.24, 2.45) is 5.92 Å². The Bertz CT molecular complexity index is 1100. The maximum absolute atomic E-state index is 13.2. The first-order valence-corrected chi connectivity index (χ1v) is 13.3. The zero-order valence-corrected chi connectivity index (χ0v) is 22.8. The Morgan fingerprint density at radius 2 is 1.68 bits per heavy atom. The van der Waals surface area contributed by atoms with Crippen molar-refractivity contribution in [1.29, 1.82) is 5.26 Å². The summed E-state index contributed by atoms with van der Waals surface area (Å²) in [5.74, 6) is -0.776. The predicted molar refractivity (Wildman–Crippen MR) is 146 cm³/mol. The first-order valence-electron chi connectivity index (χ1n) is 13.3. The van der Waals surface area contributed by atoms with Gasteiger partial charge in [-0.3, -0.25) is 4.79 Å². The van der Waals surface area contributed by atoms with E-state index in [0.717, 1.165) is 57.3 Å². The van der Waals surface area contributed by atoms with Crippen LogP contribution in [-0.2, 0) is 22.2 Å². The minimum Gasteiger partial charge on any atom is -0.481 e. The Balaban J connectivity index is 0.000000336. The molecular weight excluding hydrogens is 525 g/mol. The molecule has 1 aromatic heterocycles. The summed E-state index contributed by atoms with van der Waals surface area (Å²) in [6.07, 6.45) is 0.741. The third-order valence-corrected chi connectivity index (χ3v) is 6.82. The number of aliphatic carboxylic acids is 1. The van der Waals surface area contributed by atoms with Gasteiger partial charge in [-0.05, 0) is 75.7 Å². The molecule has 2 fully saturated rings. The third kappa shape index (κ3) is 10.4. The van der Waals surface area contributed by atoms with Crippen molar-refractivity contribution < 1.29 is 27.9 Å². The van der Waals surface area contributed by atoms with Gasteiger partial charge in [0, 0.05) is 38.7 Å². The lowest BCUT2D eigenvalue weighted by atomic mass is 9.91. The van der Waals surface area contributed by atoms with Gasteiger partial charge in [0.05, 0.1) is 11.6 Å². The number of hydrogen-bond donors (Lipinski definition) is 2. The third-order valence-electron chi connectivity index (χ3n) is 6.82. The summed E-state index contributed by atoms with van der Waals surface area (Å²) in [5.41, 5.74) is 1.99. The van der Waals surface area contributed by atoms with Crippen molar-refractivity contribution in [2.75, 3.05) is 49.6 Å². The second-order valence-electron chi connectivity index (χ2n) is 9.62. The van der Waals surface area contributed by atoms with E-state index >= 15 is 0 Å². The first kappa shape index (κ1) is 32.5. The number of carboxylic acid groups (broad SMARTS) is 1. The highest BCUT2D eigenvalue weighted by atomic mass is 19.4. The summed E-state index contributed by atoms with van der Waals surface area (Å²) in [4.78, 5) is 29.8. The zero-order chi connectivity index (χ0) is 29.5. The van der Waals surface area contributed by atoms with Crippen molar-refractivity contribution in [1.82, 2.24) is 15.3 Å². The minimum absolute atomic E-state index is 0.167. The molecule has 0 atom stereocenters. The summed E-state index contributed by atoms with van der Waals surface area (Å²) in [7, 11) is 1.93. The van der Waals surface area contributed by atoms with Crippen LogP contribution in [0.25, 0.3) is 0 Å². The van der Waals surface area contributed by atoms with Gasteiger partial charge < -0.3 is 25.0 Å². The average molecular weight is 563 g/mol. The van der Waals surface area contributed by atoms with Gasteiger partial charge in [-0.15, -0.1) is 0 Å². The zero-order valence-electron chi connectivity index (χ0n) is 22.8. The van der Waals surface area contributed by atoms with Crippen LogP contribution < -0.4 is 15.1 Å². The van der Waals surface area contributed by atoms with Crippen molar-refractivity contribution >= 4 is 24.4 Å². The number of hydrogen-bond acceptors (Lipinski definition) is 8. The Labute approximate surface area is 233 Å². The molecule has 1 aromatic carbocycles. The molecule has 2 aliphatic heterocycles. The molecule has 40 heavy (non-hydrogen) atoms. The van der Waals surface area contributed by atoms with Crippen LogP contribution in [-0.4, -0.2) is 67.6 Å². The Kier molecular flexibility index (Phi) is 13.3. The number of aromatic nitrogens is 2. The molecule has 218 valence electrons. The molecule has 2 N–H and O–H groups in total. The fourth-order valence-electron chi connectivity index (χ4n) is 4.43. The number of anilines is 2. The topological polar surface area (TPSA) is 122 Å². The van der Waals surface area contributed by atoms with Crippen LogP contribution in [0.2, 0.25) is 0 Å². The molecule has 0 saturated carbocycles. The Hall–Kier alpha value is -3.72. The number of likely N-dealkylation sites (N-methyl/N-ethyl adjacent to an activating group) is 1. The Morgan fingerprint density at radius 1 is 1.10 bits per heavy atom. The SMILES string of the molecule is C=O.CNCCc1ccc(C#N)cc1.O=C(O)CCCC1CCN(c2cc(N3CCC3)nc(C(F)(F)F)n2)CC1. The first-order chi connectivity index (χ1) is 19.2. The van der Waals surface area contributed by atoms with Crippen LogP contribution >= 0.6 is 0 Å². The molecule has 0 aliphatic carbocycles. The molecule has 0 spiro atoms. The predicted octanol–water partition coefficient (Wildman–Crippen LogP) is 4.31. The molecule has 9 nitrogen and oxygen atoms in total. The van der Waals surface area contributed by atoms with Gasteiger partial charge in [0.15, 0.2) is 0 Å². The van der Waals surface area contributed by atoms with Crippen LogP contribution in [0.15, 0.2) is 30.3 Å². The van der Waals surface area contributed by atoms with Gasteiger partial charge in [-0.2, -0.15) is 18.4 Å². The average Bonchev–Trinajstić information content (AvgIpc) is 2.92. The normalized spacial score (nSPS) is 15.1. The number of nitriles is 1. The molecule has 0 bridgehead atoms. The van der Waals surface area contributed by atoms with Crippen LogP contribution in [0.5, 0.6) is 0 Å². The fourth-order valence-corrected chi connectivity index (χ4v) is 4.43. The van der Waals surface area contributed by atoms with E-state index in [0.29, 0.717) is 37.1 Å². The highest BCUT2D eigenvalue weighted by Crippen LogP contribution is 2.33. The molecule has 4 rings (SSSR count). The van der Waals surface area contributed by atoms with Gasteiger partial charge in [0.1, 0.15) is 18.4 Å². The molecular formula is C28H37F3N6O3. The molecule has 2 aromatic rings. The molecule has 12 heteroatoms. The number of nitrogens with zero attached hydrogens (tertiary/aromatic N) is 5. The smallest absolute Gasteiger partial charge is 0.451 e. The summed E-state index contributed by atoms with van der Waals surface area (Å²) < 4.78 is 39.5. The van der Waals surface area contributed by atoms with Crippen molar-refractivity contribution in [2.45, 2.75) is 51.1 Å². The number of halogens is 3. The maximum atomic E-state index is 13.2. The number of rotatable bonds is 9. The number of piperidine rings is 1. The maximum Gasteiger partial charge on any atom is 0.451 e. The number of alkyl halides is 3. The molecule has 0 unspecified atom stereocenters. The Morgan fingerprint density at radius 3 is 2.12 bits per heavy atom. The van der Waals surface area contributed by atoms with Gasteiger partial charge in [0.2, 0.25) is 5.82 Å². The molecule has 2 aliphatic rings. The standard InChI is InChI=1S/C17H23F3N4O2.C10H12N2.CH2O/c18-17(19,20)16-21-13(23-7-2-8-23)11-14(22-16)24-9-5-12(6-10-24)3-1-4-15(25)26;1-12-7-6-9-2-4-10(8-11)5-3-9;1-2/h11-12H,1-10H2,(H,25,26);2-5,12H,6-7H2,1H3;1H2. The molecule has 2 saturated heterocycles. The quantitative estimate of drug-likeness (QED) is 0.460. The number of carbonyl (C=O) groups is 2. The van der Waals surface area contributed by atoms with Crippen LogP contribution in [0, 0.1) is 17.2 Å². The lowest BCUT2D eigenvalue weighted by Gasteiger charge is -2.35. The number of benzene rings is 1. The van der Waals surface area contributed by atoms with E-state index in [1.165, 1.54) is 5.56 Å². The number of carbonyl (C=O) groups excluding carboxylic acids is 1. The molecule has 3 heterocycles. The minimum atomic E-state index is -4.56. The van der Waals surface area contributed by atoms with E-state index in [1.54, 1.807) is 6.07 Å². The highest BCUT2D eigenvalue weighted by molar-refractivity contribution is 5.66. The second kappa shape index (κ2) is 16.4. The molecule has 0 radical (unpaired) electrons. The second-order valence-corrected chi connectivity index (χ2v) is 9.62. The lowest BCUT2D eigenvalue weighted by Crippen LogP contribution is -2.39. The van der Waals surface area contributed by atoms with Gasteiger partial charge in [-0.1, -0.05) is 12.1 Å². The lowest BCUT2D eigenvalue weighted by molar-refractivity contribution is -0.144. The fraction of sp³-hybridized carbons (Fsp3) is 0.536. The van der Waals surface area contributed by atoms with E-state index in [-0.39, 0.29) is 6.42 Å². The summed E-state index contributed by atoms with van der Waals surface area (Å²) in [6.45, 7) is 5.68. The monoisotopic (exact) mass is 562 g/mol. The van der Waals surface area contributed by atoms with Gasteiger partial charge in [0.25, 0.3) is 0 Å². The van der Waals surface area contributed by atoms with Crippen LogP contribution in [0.1, 0.15) is 55.5 Å². The summed E-state index contributed by atoms with van der Waals surface area (Å²) in [5, 5.41) is 20.3. The van der Waals surface area contributed by atoms with Crippen molar-refractivity contribution in [3.05, 3.63) is 47.3 Å². The summed E-state index contributed by atoms with van der Waals surface area (Å²) in [6, 6.07) is 11.4. The number of nitrogens with one attached hydrogen (secondary N) is 1. The van der Waals surface area contributed by atoms with E-state index in [4.69, 9.17) is 15.2 Å². The number of carboxylic acids is 1. The summed E-state index contributed by atoms with van der Waals surface area (Å²) >= 11 is 0. The largest absolute Gasteiger partial charge is 0.481 e. The van der Waals surface area contributed by atoms with E-state index in [2.05, 4.69) is 21.4 Å². The van der Waals surface area contributed by atoms with Gasteiger partial charge >= 0.3 is 12.1 Å². The van der Waals surface area contributed by atoms with E-state index in [1.807, 2.05) is 47.9 Å².